The lowest BCUT2D eigenvalue weighted by Gasteiger charge is -2.11. The van der Waals surface area contributed by atoms with Gasteiger partial charge in [-0.05, 0) is 40.5 Å². The number of anilines is 1. The van der Waals surface area contributed by atoms with Gasteiger partial charge in [0.25, 0.3) is 0 Å². The molecule has 1 rings (SSSR count). The van der Waals surface area contributed by atoms with Crippen molar-refractivity contribution in [1.29, 1.82) is 0 Å². The van der Waals surface area contributed by atoms with Crippen LogP contribution in [0.15, 0.2) is 27.1 Å². The molecule has 0 heterocycles. The molecule has 0 spiro atoms. The minimum atomic E-state index is -0.458. The van der Waals surface area contributed by atoms with E-state index in [-0.39, 0.29) is 5.91 Å². The molecule has 0 saturated carbocycles. The van der Waals surface area contributed by atoms with E-state index in [9.17, 15) is 4.79 Å². The fourth-order valence-electron chi connectivity index (χ4n) is 1.00. The van der Waals surface area contributed by atoms with Gasteiger partial charge in [-0.2, -0.15) is 0 Å². The maximum atomic E-state index is 11.5. The van der Waals surface area contributed by atoms with Crippen molar-refractivity contribution in [2.75, 3.05) is 5.32 Å². The third-order valence-electron chi connectivity index (χ3n) is 1.97. The predicted octanol–water partition coefficient (Wildman–Crippen LogP) is 2.89. The number of carbonyl (C=O) groups is 1. The van der Waals surface area contributed by atoms with Gasteiger partial charge in [0.15, 0.2) is 0 Å². The maximum absolute atomic E-state index is 11.5. The molecule has 82 valence electrons. The summed E-state index contributed by atoms with van der Waals surface area (Å²) in [7, 11) is 0. The van der Waals surface area contributed by atoms with E-state index in [1.807, 2.05) is 25.1 Å². The van der Waals surface area contributed by atoms with Crippen molar-refractivity contribution in [3.63, 3.8) is 0 Å². The highest BCUT2D eigenvalue weighted by atomic mass is 79.9. The maximum Gasteiger partial charge on any atom is 0.241 e. The lowest BCUT2D eigenvalue weighted by molar-refractivity contribution is -0.117. The predicted molar refractivity (Wildman–Crippen MR) is 68.7 cm³/mol. The van der Waals surface area contributed by atoms with E-state index in [0.717, 1.165) is 14.6 Å². The van der Waals surface area contributed by atoms with E-state index in [1.54, 1.807) is 0 Å². The van der Waals surface area contributed by atoms with Crippen LogP contribution in [0.2, 0.25) is 0 Å². The summed E-state index contributed by atoms with van der Waals surface area (Å²) < 4.78 is 1.78. The van der Waals surface area contributed by atoms with Gasteiger partial charge in [-0.1, -0.05) is 22.9 Å². The van der Waals surface area contributed by atoms with E-state index in [1.165, 1.54) is 0 Å². The summed E-state index contributed by atoms with van der Waals surface area (Å²) in [4.78, 5) is 11.5. The first kappa shape index (κ1) is 12.7. The number of amides is 1. The summed E-state index contributed by atoms with van der Waals surface area (Å²) in [5.41, 5.74) is 6.34. The van der Waals surface area contributed by atoms with Gasteiger partial charge < -0.3 is 11.1 Å². The van der Waals surface area contributed by atoms with Crippen LogP contribution >= 0.6 is 31.9 Å². The van der Waals surface area contributed by atoms with E-state index in [2.05, 4.69) is 37.2 Å². The fourth-order valence-corrected chi connectivity index (χ4v) is 2.15. The molecule has 0 aliphatic carbocycles. The third-order valence-corrected chi connectivity index (χ3v) is 3.11. The minimum absolute atomic E-state index is 0.166. The third kappa shape index (κ3) is 3.59. The molecular formula is C10H12Br2N2O. The second kappa shape index (κ2) is 5.63. The summed E-state index contributed by atoms with van der Waals surface area (Å²) in [6.07, 6.45) is 0.625. The first-order chi connectivity index (χ1) is 7.04. The number of hydrogen-bond acceptors (Lipinski definition) is 2. The van der Waals surface area contributed by atoms with Crippen LogP contribution in [0, 0.1) is 0 Å². The van der Waals surface area contributed by atoms with Gasteiger partial charge in [-0.15, -0.1) is 0 Å². The smallest absolute Gasteiger partial charge is 0.241 e. The second-order valence-electron chi connectivity index (χ2n) is 3.13. The molecule has 15 heavy (non-hydrogen) atoms. The lowest BCUT2D eigenvalue weighted by atomic mass is 10.2. The Balaban J connectivity index is 2.77. The Labute approximate surface area is 106 Å². The Kier molecular flexibility index (Phi) is 4.76. The fraction of sp³-hybridized carbons (Fsp3) is 0.300. The van der Waals surface area contributed by atoms with Gasteiger partial charge in [-0.3, -0.25) is 4.79 Å². The number of hydrogen-bond donors (Lipinski definition) is 2. The summed E-state index contributed by atoms with van der Waals surface area (Å²) in [6.45, 7) is 1.88. The highest BCUT2D eigenvalue weighted by Crippen LogP contribution is 2.26. The molecule has 1 aromatic rings. The number of nitrogens with two attached hydrogens (primary N) is 1. The van der Waals surface area contributed by atoms with Crippen LogP contribution in [-0.2, 0) is 4.79 Å². The van der Waals surface area contributed by atoms with Crippen molar-refractivity contribution < 1.29 is 4.79 Å². The molecule has 0 saturated heterocycles. The Bertz CT molecular complexity index is 368. The topological polar surface area (TPSA) is 55.1 Å². The normalized spacial score (nSPS) is 12.3. The number of nitrogens with one attached hydrogen (secondary N) is 1. The monoisotopic (exact) mass is 334 g/mol. The van der Waals surface area contributed by atoms with Crippen molar-refractivity contribution in [2.45, 2.75) is 19.4 Å². The van der Waals surface area contributed by atoms with Crippen LogP contribution in [0.3, 0.4) is 0 Å². The molecule has 0 radical (unpaired) electrons. The quantitative estimate of drug-likeness (QED) is 0.892. The average Bonchev–Trinajstić information content (AvgIpc) is 2.20. The van der Waals surface area contributed by atoms with Gasteiger partial charge in [0.05, 0.1) is 11.7 Å². The largest absolute Gasteiger partial charge is 0.324 e. The van der Waals surface area contributed by atoms with Gasteiger partial charge in [-0.25, -0.2) is 0 Å². The van der Waals surface area contributed by atoms with Crippen LogP contribution in [0.1, 0.15) is 13.3 Å². The standard InChI is InChI=1S/C10H12Br2N2O/c1-2-8(13)10(15)14-9-4-3-6(11)5-7(9)12/h3-5,8H,2,13H2,1H3,(H,14,15). The van der Waals surface area contributed by atoms with Crippen LogP contribution in [-0.4, -0.2) is 11.9 Å². The van der Waals surface area contributed by atoms with Crippen molar-refractivity contribution in [3.8, 4) is 0 Å². The Morgan fingerprint density at radius 2 is 2.20 bits per heavy atom. The number of rotatable bonds is 3. The molecule has 1 atom stereocenters. The minimum Gasteiger partial charge on any atom is -0.324 e. The molecule has 1 unspecified atom stereocenters. The van der Waals surface area contributed by atoms with Gasteiger partial charge in [0.2, 0.25) is 5.91 Å². The van der Waals surface area contributed by atoms with E-state index >= 15 is 0 Å². The van der Waals surface area contributed by atoms with E-state index in [0.29, 0.717) is 6.42 Å². The van der Waals surface area contributed by atoms with E-state index < -0.39 is 6.04 Å². The molecule has 0 aliphatic rings. The van der Waals surface area contributed by atoms with Crippen LogP contribution in [0.25, 0.3) is 0 Å². The molecule has 1 amide bonds. The number of carbonyl (C=O) groups excluding carboxylic acids is 1. The Hall–Kier alpha value is -0.390. The zero-order chi connectivity index (χ0) is 11.4. The summed E-state index contributed by atoms with van der Waals surface area (Å²) in [5, 5.41) is 2.76. The molecule has 1 aromatic carbocycles. The SMILES string of the molecule is CCC(N)C(=O)Nc1ccc(Br)cc1Br. The van der Waals surface area contributed by atoms with Gasteiger partial charge >= 0.3 is 0 Å². The number of benzene rings is 1. The molecule has 0 bridgehead atoms. The Morgan fingerprint density at radius 3 is 2.73 bits per heavy atom. The first-order valence-corrected chi connectivity index (χ1v) is 6.14. The molecule has 3 nitrogen and oxygen atoms in total. The molecule has 0 fully saturated rings. The summed E-state index contributed by atoms with van der Waals surface area (Å²) >= 11 is 6.70. The molecule has 0 aromatic heterocycles. The van der Waals surface area contributed by atoms with Crippen molar-refractivity contribution >= 4 is 43.5 Å². The van der Waals surface area contributed by atoms with Gasteiger partial charge in [0.1, 0.15) is 0 Å². The van der Waals surface area contributed by atoms with E-state index in [4.69, 9.17) is 5.73 Å². The van der Waals surface area contributed by atoms with Crippen molar-refractivity contribution in [3.05, 3.63) is 27.1 Å². The van der Waals surface area contributed by atoms with Crippen LogP contribution in [0.5, 0.6) is 0 Å². The zero-order valence-electron chi connectivity index (χ0n) is 8.26. The van der Waals surface area contributed by atoms with Crippen molar-refractivity contribution in [1.82, 2.24) is 0 Å². The van der Waals surface area contributed by atoms with Crippen LogP contribution < -0.4 is 11.1 Å². The molecule has 5 heteroatoms. The highest BCUT2D eigenvalue weighted by molar-refractivity contribution is 9.11. The molecule has 0 aliphatic heterocycles. The molecular weight excluding hydrogens is 324 g/mol. The number of halogens is 2. The highest BCUT2D eigenvalue weighted by Gasteiger charge is 2.12. The lowest BCUT2D eigenvalue weighted by Crippen LogP contribution is -2.34. The summed E-state index contributed by atoms with van der Waals surface area (Å²) in [6, 6.07) is 5.08. The zero-order valence-corrected chi connectivity index (χ0v) is 11.4. The van der Waals surface area contributed by atoms with Crippen molar-refractivity contribution in [2.24, 2.45) is 5.73 Å². The van der Waals surface area contributed by atoms with Gasteiger partial charge in [0, 0.05) is 8.95 Å². The first-order valence-electron chi connectivity index (χ1n) is 4.56. The second-order valence-corrected chi connectivity index (χ2v) is 4.90. The Morgan fingerprint density at radius 1 is 1.53 bits per heavy atom. The average molecular weight is 336 g/mol. The van der Waals surface area contributed by atoms with Crippen LogP contribution in [0.4, 0.5) is 5.69 Å². The summed E-state index contributed by atoms with van der Waals surface area (Å²) in [5.74, 6) is -0.166. The molecule has 3 N–H and O–H groups in total.